The second kappa shape index (κ2) is 13.6. The number of rotatable bonds is 12. The van der Waals surface area contributed by atoms with E-state index >= 15 is 0 Å². The number of aryl methyl sites for hydroxylation is 3. The van der Waals surface area contributed by atoms with Crippen LogP contribution in [0.15, 0.2) is 77.7 Å². The van der Waals surface area contributed by atoms with E-state index in [2.05, 4.69) is 5.32 Å². The standard InChI is InChI=1S/C32H41N3O4S/c1-7-26(6)33-32(37)29(8-2)34(21-27-18-15-23(3)16-19-27)31(36)22-35(30-20-24(4)14-17-25(30)5)40(38,39)28-12-10-9-11-13-28/h9-20,26,29H,7-8,21-22H2,1-6H3,(H,33,37)/t26-,29-/m1/s1. The molecule has 0 aliphatic heterocycles. The Kier molecular flexibility index (Phi) is 10.5. The Bertz CT molecular complexity index is 1410. The van der Waals surface area contributed by atoms with Crippen LogP contribution in [0.4, 0.5) is 5.69 Å². The molecule has 0 aliphatic carbocycles. The lowest BCUT2D eigenvalue weighted by molar-refractivity contribution is -0.140. The second-order valence-corrected chi connectivity index (χ2v) is 12.2. The summed E-state index contributed by atoms with van der Waals surface area (Å²) in [7, 11) is -4.09. The SMILES string of the molecule is CC[C@@H](C)NC(=O)[C@@H](CC)N(Cc1ccc(C)cc1)C(=O)CN(c1cc(C)ccc1C)S(=O)(=O)c1ccccc1. The molecular weight excluding hydrogens is 522 g/mol. The van der Waals surface area contributed by atoms with Gasteiger partial charge in [0.05, 0.1) is 10.6 Å². The maximum atomic E-state index is 14.2. The number of carbonyl (C=O) groups is 2. The number of carbonyl (C=O) groups excluding carboxylic acids is 2. The number of nitrogens with zero attached hydrogens (tertiary/aromatic N) is 2. The largest absolute Gasteiger partial charge is 0.352 e. The number of amides is 2. The molecule has 2 atom stereocenters. The fourth-order valence-corrected chi connectivity index (χ4v) is 5.96. The van der Waals surface area contributed by atoms with E-state index in [-0.39, 0.29) is 23.4 Å². The Labute approximate surface area is 239 Å². The van der Waals surface area contributed by atoms with Gasteiger partial charge in [-0.05, 0) is 75.4 Å². The van der Waals surface area contributed by atoms with E-state index in [1.54, 1.807) is 24.3 Å². The van der Waals surface area contributed by atoms with Gasteiger partial charge in [0.25, 0.3) is 10.0 Å². The first-order valence-corrected chi connectivity index (χ1v) is 15.2. The first-order chi connectivity index (χ1) is 19.0. The molecule has 3 aromatic rings. The van der Waals surface area contributed by atoms with Crippen molar-refractivity contribution in [3.8, 4) is 0 Å². The van der Waals surface area contributed by atoms with Gasteiger partial charge in [0.2, 0.25) is 11.8 Å². The van der Waals surface area contributed by atoms with Crippen molar-refractivity contribution < 1.29 is 18.0 Å². The van der Waals surface area contributed by atoms with Crippen LogP contribution in [0, 0.1) is 20.8 Å². The highest BCUT2D eigenvalue weighted by Gasteiger charge is 2.34. The lowest BCUT2D eigenvalue weighted by Crippen LogP contribution is -2.53. The highest BCUT2D eigenvalue weighted by Crippen LogP contribution is 2.28. The van der Waals surface area contributed by atoms with Crippen molar-refractivity contribution in [2.45, 2.75) is 77.9 Å². The van der Waals surface area contributed by atoms with E-state index in [0.29, 0.717) is 12.1 Å². The number of anilines is 1. The van der Waals surface area contributed by atoms with Gasteiger partial charge in [-0.15, -0.1) is 0 Å². The highest BCUT2D eigenvalue weighted by molar-refractivity contribution is 7.92. The van der Waals surface area contributed by atoms with E-state index in [0.717, 1.165) is 28.7 Å². The summed E-state index contributed by atoms with van der Waals surface area (Å²) >= 11 is 0. The van der Waals surface area contributed by atoms with Gasteiger partial charge in [-0.3, -0.25) is 13.9 Å². The number of hydrogen-bond donors (Lipinski definition) is 1. The summed E-state index contributed by atoms with van der Waals surface area (Å²) in [5.41, 5.74) is 3.97. The molecule has 3 aromatic carbocycles. The average Bonchev–Trinajstić information content (AvgIpc) is 2.94. The van der Waals surface area contributed by atoms with Crippen molar-refractivity contribution >= 4 is 27.5 Å². The van der Waals surface area contributed by atoms with E-state index in [4.69, 9.17) is 0 Å². The van der Waals surface area contributed by atoms with Gasteiger partial charge in [0.1, 0.15) is 12.6 Å². The molecule has 40 heavy (non-hydrogen) atoms. The average molecular weight is 564 g/mol. The van der Waals surface area contributed by atoms with Gasteiger partial charge in [-0.2, -0.15) is 0 Å². The zero-order valence-electron chi connectivity index (χ0n) is 24.3. The third-order valence-electron chi connectivity index (χ3n) is 7.10. The molecule has 0 aliphatic rings. The number of sulfonamides is 1. The summed E-state index contributed by atoms with van der Waals surface area (Å²) in [5.74, 6) is -0.700. The van der Waals surface area contributed by atoms with Crippen LogP contribution in [0.1, 0.15) is 55.9 Å². The summed E-state index contributed by atoms with van der Waals surface area (Å²) in [6.07, 6.45) is 1.14. The lowest BCUT2D eigenvalue weighted by atomic mass is 10.1. The predicted molar refractivity (Wildman–Crippen MR) is 161 cm³/mol. The van der Waals surface area contributed by atoms with Gasteiger partial charge in [-0.1, -0.05) is 74.0 Å². The molecule has 8 heteroatoms. The van der Waals surface area contributed by atoms with Gasteiger partial charge < -0.3 is 10.2 Å². The normalized spacial score (nSPS) is 12.8. The molecule has 1 N–H and O–H groups in total. The summed E-state index contributed by atoms with van der Waals surface area (Å²) in [5, 5.41) is 3.00. The minimum Gasteiger partial charge on any atom is -0.352 e. The molecule has 214 valence electrons. The first kappa shape index (κ1) is 30.9. The van der Waals surface area contributed by atoms with Crippen molar-refractivity contribution in [1.82, 2.24) is 10.2 Å². The highest BCUT2D eigenvalue weighted by atomic mass is 32.2. The number of hydrogen-bond acceptors (Lipinski definition) is 4. The van der Waals surface area contributed by atoms with E-state index in [9.17, 15) is 18.0 Å². The first-order valence-electron chi connectivity index (χ1n) is 13.8. The molecule has 0 unspecified atom stereocenters. The van der Waals surface area contributed by atoms with E-state index < -0.39 is 28.5 Å². The molecule has 0 aromatic heterocycles. The van der Waals surface area contributed by atoms with Crippen molar-refractivity contribution in [1.29, 1.82) is 0 Å². The van der Waals surface area contributed by atoms with Gasteiger partial charge >= 0.3 is 0 Å². The molecule has 0 saturated carbocycles. The molecule has 7 nitrogen and oxygen atoms in total. The third-order valence-corrected chi connectivity index (χ3v) is 8.88. The molecule has 0 heterocycles. The van der Waals surface area contributed by atoms with E-state index in [1.165, 1.54) is 21.3 Å². The lowest BCUT2D eigenvalue weighted by Gasteiger charge is -2.34. The van der Waals surface area contributed by atoms with Gasteiger partial charge in [0.15, 0.2) is 0 Å². The summed E-state index contributed by atoms with van der Waals surface area (Å²) < 4.78 is 29.1. The Morgan fingerprint density at radius 3 is 2.08 bits per heavy atom. The predicted octanol–water partition coefficient (Wildman–Crippen LogP) is 5.53. The molecule has 0 fully saturated rings. The second-order valence-electron chi connectivity index (χ2n) is 10.4. The minimum atomic E-state index is -4.09. The molecular formula is C32H41N3O4S. The molecule has 0 bridgehead atoms. The van der Waals surface area contributed by atoms with Crippen LogP contribution < -0.4 is 9.62 Å². The van der Waals surface area contributed by atoms with Crippen LogP contribution in [-0.4, -0.2) is 43.8 Å². The van der Waals surface area contributed by atoms with Crippen molar-refractivity contribution in [2.75, 3.05) is 10.8 Å². The molecule has 3 rings (SSSR count). The third kappa shape index (κ3) is 7.50. The van der Waals surface area contributed by atoms with Gasteiger partial charge in [-0.25, -0.2) is 8.42 Å². The summed E-state index contributed by atoms with van der Waals surface area (Å²) in [6, 6.07) is 20.6. The van der Waals surface area contributed by atoms with Crippen LogP contribution in [0.3, 0.4) is 0 Å². The maximum Gasteiger partial charge on any atom is 0.264 e. The number of nitrogens with one attached hydrogen (secondary N) is 1. The summed E-state index contributed by atoms with van der Waals surface area (Å²) in [6.45, 7) is 11.2. The zero-order valence-corrected chi connectivity index (χ0v) is 25.2. The van der Waals surface area contributed by atoms with E-state index in [1.807, 2.05) is 77.9 Å². The Balaban J connectivity index is 2.08. The Morgan fingerprint density at radius 2 is 1.48 bits per heavy atom. The Morgan fingerprint density at radius 1 is 0.850 bits per heavy atom. The zero-order chi connectivity index (χ0) is 29.4. The van der Waals surface area contributed by atoms with Crippen molar-refractivity contribution in [3.63, 3.8) is 0 Å². The van der Waals surface area contributed by atoms with Crippen LogP contribution in [-0.2, 0) is 26.2 Å². The maximum absolute atomic E-state index is 14.2. The van der Waals surface area contributed by atoms with Crippen LogP contribution in [0.5, 0.6) is 0 Å². The minimum absolute atomic E-state index is 0.0530. The summed E-state index contributed by atoms with van der Waals surface area (Å²) in [4.78, 5) is 29.2. The van der Waals surface area contributed by atoms with Crippen LogP contribution >= 0.6 is 0 Å². The van der Waals surface area contributed by atoms with Crippen molar-refractivity contribution in [3.05, 3.63) is 95.1 Å². The molecule has 2 amide bonds. The number of benzene rings is 3. The Hall–Kier alpha value is -3.65. The van der Waals surface area contributed by atoms with Crippen LogP contribution in [0.2, 0.25) is 0 Å². The van der Waals surface area contributed by atoms with Gasteiger partial charge in [0, 0.05) is 12.6 Å². The quantitative estimate of drug-likeness (QED) is 0.314. The van der Waals surface area contributed by atoms with Crippen molar-refractivity contribution in [2.24, 2.45) is 0 Å². The smallest absolute Gasteiger partial charge is 0.264 e. The monoisotopic (exact) mass is 563 g/mol. The topological polar surface area (TPSA) is 86.8 Å². The van der Waals surface area contributed by atoms with Crippen LogP contribution in [0.25, 0.3) is 0 Å². The molecule has 0 spiro atoms. The molecule has 0 saturated heterocycles. The molecule has 0 radical (unpaired) electrons. The fraction of sp³-hybridized carbons (Fsp3) is 0.375. The fourth-order valence-electron chi connectivity index (χ4n) is 4.47.